The first-order chi connectivity index (χ1) is 8.04. The summed E-state index contributed by atoms with van der Waals surface area (Å²) in [4.78, 5) is 35.6. The van der Waals surface area contributed by atoms with E-state index < -0.39 is 17.0 Å². The molecule has 90 valence electrons. The van der Waals surface area contributed by atoms with Crippen LogP contribution in [0.4, 0.5) is 10.5 Å². The Hall–Kier alpha value is -2.52. The van der Waals surface area contributed by atoms with Crippen LogP contribution in [0.1, 0.15) is 10.4 Å². The highest BCUT2D eigenvalue weighted by Crippen LogP contribution is 2.12. The predicted molar refractivity (Wildman–Crippen MR) is 52.3 cm³/mol. The number of non-ortho nitro benzene ring substituents is 1. The molecule has 17 heavy (non-hydrogen) atoms. The van der Waals surface area contributed by atoms with Crippen molar-refractivity contribution in [1.82, 2.24) is 5.59 Å². The molecular formula is C8H7N3O6. The van der Waals surface area contributed by atoms with Crippen molar-refractivity contribution in [1.29, 1.82) is 0 Å². The maximum Gasteiger partial charge on any atom is 0.537 e. The lowest BCUT2D eigenvalue weighted by Gasteiger charge is -2.01. The second-order valence-electron chi connectivity index (χ2n) is 2.66. The maximum absolute atomic E-state index is 11.2. The molecule has 9 nitrogen and oxygen atoms in total. The fourth-order valence-corrected chi connectivity index (χ4v) is 0.923. The van der Waals surface area contributed by atoms with Crippen LogP contribution in [0, 0.1) is 10.1 Å². The number of nitrogens with two attached hydrogens (primary N) is 1. The molecule has 0 aromatic heterocycles. The molecule has 0 bridgehead atoms. The third-order valence-electron chi connectivity index (χ3n) is 1.63. The molecule has 9 heteroatoms. The van der Waals surface area contributed by atoms with Crippen LogP contribution in [0.15, 0.2) is 24.3 Å². The highest BCUT2D eigenvalue weighted by molar-refractivity contribution is 5.95. The molecule has 1 aromatic carbocycles. The Morgan fingerprint density at radius 1 is 1.29 bits per heavy atom. The minimum absolute atomic E-state index is 0.0374. The molecule has 0 unspecified atom stereocenters. The van der Waals surface area contributed by atoms with Crippen LogP contribution in [0.3, 0.4) is 0 Å². The number of hydrogen-bond donors (Lipinski definition) is 2. The lowest BCUT2D eigenvalue weighted by atomic mass is 10.2. The quantitative estimate of drug-likeness (QED) is 0.253. The van der Waals surface area contributed by atoms with Crippen molar-refractivity contribution in [2.75, 3.05) is 0 Å². The fourth-order valence-electron chi connectivity index (χ4n) is 0.923. The number of hydrazine groups is 1. The zero-order chi connectivity index (χ0) is 12.8. The first-order valence-electron chi connectivity index (χ1n) is 4.17. The molecule has 0 amide bonds. The second-order valence-corrected chi connectivity index (χ2v) is 2.66. The van der Waals surface area contributed by atoms with E-state index in [4.69, 9.17) is 0 Å². The van der Waals surface area contributed by atoms with Crippen LogP contribution in [0.2, 0.25) is 0 Å². The fraction of sp³-hybridized carbons (Fsp3) is 0. The average molecular weight is 241 g/mol. The van der Waals surface area contributed by atoms with Crippen LogP contribution >= 0.6 is 0 Å². The standard InChI is InChI=1S/C8H7N3O6/c9-10-17-8(13)16-7(12)5-1-3-6(4-2-5)11(14)15/h1-4,10H,9H2. The first kappa shape index (κ1) is 12.5. The van der Waals surface area contributed by atoms with E-state index in [0.29, 0.717) is 0 Å². The molecule has 0 aliphatic heterocycles. The van der Waals surface area contributed by atoms with E-state index in [1.807, 2.05) is 0 Å². The Morgan fingerprint density at radius 2 is 1.88 bits per heavy atom. The molecule has 0 aliphatic rings. The van der Waals surface area contributed by atoms with Gasteiger partial charge >= 0.3 is 12.1 Å². The number of carbonyl (C=O) groups is 2. The summed E-state index contributed by atoms with van der Waals surface area (Å²) in [5, 5.41) is 10.3. The minimum atomic E-state index is -1.34. The molecule has 0 spiro atoms. The largest absolute Gasteiger partial charge is 0.537 e. The third-order valence-corrected chi connectivity index (χ3v) is 1.63. The van der Waals surface area contributed by atoms with E-state index in [0.717, 1.165) is 24.3 Å². The molecule has 0 radical (unpaired) electrons. The lowest BCUT2D eigenvalue weighted by Crippen LogP contribution is -2.28. The van der Waals surface area contributed by atoms with Gasteiger partial charge in [-0.1, -0.05) is 5.59 Å². The molecule has 3 N–H and O–H groups in total. The van der Waals surface area contributed by atoms with Crippen molar-refractivity contribution in [3.05, 3.63) is 39.9 Å². The van der Waals surface area contributed by atoms with Crippen LogP contribution in [0.5, 0.6) is 0 Å². The summed E-state index contributed by atoms with van der Waals surface area (Å²) in [5.74, 6) is 3.62. The van der Waals surface area contributed by atoms with Gasteiger partial charge in [0.05, 0.1) is 10.5 Å². The SMILES string of the molecule is NNOC(=O)OC(=O)c1ccc([N+](=O)[O-])cc1. The Morgan fingerprint density at radius 3 is 2.35 bits per heavy atom. The summed E-state index contributed by atoms with van der Waals surface area (Å²) >= 11 is 0. The summed E-state index contributed by atoms with van der Waals surface area (Å²) in [6.07, 6.45) is -1.34. The molecule has 0 saturated carbocycles. The Balaban J connectivity index is 2.70. The number of nitrogens with one attached hydrogen (secondary N) is 1. The molecule has 0 saturated heterocycles. The van der Waals surface area contributed by atoms with Crippen molar-refractivity contribution < 1.29 is 24.1 Å². The van der Waals surface area contributed by atoms with Crippen LogP contribution in [0.25, 0.3) is 0 Å². The van der Waals surface area contributed by atoms with E-state index in [2.05, 4.69) is 15.4 Å². The van der Waals surface area contributed by atoms with E-state index in [1.165, 1.54) is 5.59 Å². The zero-order valence-corrected chi connectivity index (χ0v) is 8.28. The normalized spacial score (nSPS) is 9.47. The number of hydrogen-bond acceptors (Lipinski definition) is 8. The summed E-state index contributed by atoms with van der Waals surface area (Å²) in [7, 11) is 0. The van der Waals surface area contributed by atoms with E-state index in [1.54, 1.807) is 0 Å². The van der Waals surface area contributed by atoms with Gasteiger partial charge in [0.15, 0.2) is 0 Å². The molecule has 1 aromatic rings. The van der Waals surface area contributed by atoms with Crippen molar-refractivity contribution in [3.8, 4) is 0 Å². The number of esters is 1. The van der Waals surface area contributed by atoms with Gasteiger partial charge in [-0.25, -0.2) is 15.4 Å². The summed E-state index contributed by atoms with van der Waals surface area (Å²) < 4.78 is 4.16. The molecule has 0 fully saturated rings. The number of ether oxygens (including phenoxy) is 1. The molecule has 0 atom stereocenters. The predicted octanol–water partition coefficient (Wildman–Crippen LogP) is 0.267. The maximum atomic E-state index is 11.2. The number of nitro groups is 1. The number of rotatable bonds is 3. The molecular weight excluding hydrogens is 234 g/mol. The molecule has 1 rings (SSSR count). The topological polar surface area (TPSA) is 134 Å². The summed E-state index contributed by atoms with van der Waals surface area (Å²) in [6, 6.07) is 4.49. The molecule has 0 heterocycles. The van der Waals surface area contributed by atoms with E-state index >= 15 is 0 Å². The summed E-state index contributed by atoms with van der Waals surface area (Å²) in [5.41, 5.74) is 1.31. The minimum Gasteiger partial charge on any atom is -0.355 e. The monoisotopic (exact) mass is 241 g/mol. The third kappa shape index (κ3) is 3.52. The number of nitrogens with zero attached hydrogens (tertiary/aromatic N) is 1. The van der Waals surface area contributed by atoms with E-state index in [9.17, 15) is 19.7 Å². The van der Waals surface area contributed by atoms with Crippen molar-refractivity contribution in [2.45, 2.75) is 0 Å². The van der Waals surface area contributed by atoms with Gasteiger partial charge in [0.1, 0.15) is 0 Å². The summed E-state index contributed by atoms with van der Waals surface area (Å²) in [6.45, 7) is 0. The number of carbonyl (C=O) groups excluding carboxylic acids is 2. The van der Waals surface area contributed by atoms with Crippen molar-refractivity contribution in [2.24, 2.45) is 5.84 Å². The number of benzene rings is 1. The Kier molecular flexibility index (Phi) is 4.08. The lowest BCUT2D eigenvalue weighted by molar-refractivity contribution is -0.384. The van der Waals surface area contributed by atoms with Gasteiger partial charge in [0.25, 0.3) is 5.69 Å². The van der Waals surface area contributed by atoms with Crippen molar-refractivity contribution in [3.63, 3.8) is 0 Å². The van der Waals surface area contributed by atoms with Crippen LogP contribution in [-0.2, 0) is 9.57 Å². The van der Waals surface area contributed by atoms with Crippen molar-refractivity contribution >= 4 is 17.8 Å². The van der Waals surface area contributed by atoms with Crippen LogP contribution in [-0.4, -0.2) is 17.0 Å². The smallest absolute Gasteiger partial charge is 0.355 e. The van der Waals surface area contributed by atoms with Gasteiger partial charge in [-0.05, 0) is 12.1 Å². The van der Waals surface area contributed by atoms with Crippen LogP contribution < -0.4 is 11.4 Å². The van der Waals surface area contributed by atoms with E-state index in [-0.39, 0.29) is 11.3 Å². The highest BCUT2D eigenvalue weighted by Gasteiger charge is 2.15. The van der Waals surface area contributed by atoms with Gasteiger partial charge < -0.3 is 9.57 Å². The van der Waals surface area contributed by atoms with Gasteiger partial charge in [-0.2, -0.15) is 0 Å². The van der Waals surface area contributed by atoms with Gasteiger partial charge in [0.2, 0.25) is 0 Å². The van der Waals surface area contributed by atoms with Gasteiger partial charge in [-0.15, -0.1) is 0 Å². The molecule has 0 aliphatic carbocycles. The number of nitro benzene ring substituents is 1. The first-order valence-corrected chi connectivity index (χ1v) is 4.17. The Labute approximate surface area is 94.2 Å². The average Bonchev–Trinajstić information content (AvgIpc) is 2.29. The second kappa shape index (κ2) is 5.53. The zero-order valence-electron chi connectivity index (χ0n) is 8.28. The van der Waals surface area contributed by atoms with Gasteiger partial charge in [0, 0.05) is 12.1 Å². The van der Waals surface area contributed by atoms with Gasteiger partial charge in [-0.3, -0.25) is 10.1 Å². The Bertz CT molecular complexity index is 443. The highest BCUT2D eigenvalue weighted by atomic mass is 16.8.